The van der Waals surface area contributed by atoms with Crippen LogP contribution in [0.1, 0.15) is 0 Å². The predicted octanol–water partition coefficient (Wildman–Crippen LogP) is 0.691. The Hall–Kier alpha value is -0.920. The summed E-state index contributed by atoms with van der Waals surface area (Å²) < 4.78 is 10.6. The average Bonchev–Trinajstić information content (AvgIpc) is 2.29. The Morgan fingerprint density at radius 2 is 2.24 bits per heavy atom. The molecule has 0 aliphatic carbocycles. The van der Waals surface area contributed by atoms with E-state index in [0.717, 1.165) is 0 Å². The lowest BCUT2D eigenvalue weighted by molar-refractivity contribution is 0.0693. The van der Waals surface area contributed by atoms with Gasteiger partial charge >= 0.3 is 0 Å². The third-order valence-corrected chi connectivity index (χ3v) is 2.62. The lowest BCUT2D eigenvalue weighted by Gasteiger charge is -2.20. The normalized spacial score (nSPS) is 12.3. The molecule has 0 amide bonds. The molecule has 0 spiro atoms. The minimum absolute atomic E-state index is 0.276. The number of aliphatic hydroxyl groups excluding tert-OH is 1. The summed E-state index contributed by atoms with van der Waals surface area (Å²) in [6, 6.07) is 0. The van der Waals surface area contributed by atoms with Crippen molar-refractivity contribution in [3.63, 3.8) is 0 Å². The Balaban J connectivity index is 2.71. The minimum atomic E-state index is -0.580. The summed E-state index contributed by atoms with van der Waals surface area (Å²) in [5.41, 5.74) is 0. The molecule has 17 heavy (non-hydrogen) atoms. The van der Waals surface area contributed by atoms with Gasteiger partial charge in [0.1, 0.15) is 0 Å². The van der Waals surface area contributed by atoms with E-state index in [1.807, 2.05) is 0 Å². The topological polar surface area (TPSA) is 67.7 Å². The standard InChI is InChI=1S/C10H16BrN3O3/c1-14(5-7(15)6-16-2)10-12-4-8(11)9(13-10)17-3/h4,7,15H,5-6H2,1-3H3. The summed E-state index contributed by atoms with van der Waals surface area (Å²) in [5, 5.41) is 9.60. The first kappa shape index (κ1) is 14.1. The molecule has 1 rings (SSSR count). The highest BCUT2D eigenvalue weighted by Crippen LogP contribution is 2.22. The summed E-state index contributed by atoms with van der Waals surface area (Å²) in [5.74, 6) is 0.947. The van der Waals surface area contributed by atoms with Crippen molar-refractivity contribution in [1.29, 1.82) is 0 Å². The number of rotatable bonds is 6. The first-order valence-electron chi connectivity index (χ1n) is 5.03. The fourth-order valence-electron chi connectivity index (χ4n) is 1.31. The van der Waals surface area contributed by atoms with Crippen LogP contribution in [-0.4, -0.2) is 55.6 Å². The molecule has 0 radical (unpaired) electrons. The van der Waals surface area contributed by atoms with E-state index < -0.39 is 6.10 Å². The van der Waals surface area contributed by atoms with Gasteiger partial charge in [0.15, 0.2) is 0 Å². The van der Waals surface area contributed by atoms with Crippen molar-refractivity contribution < 1.29 is 14.6 Å². The highest BCUT2D eigenvalue weighted by molar-refractivity contribution is 9.10. The molecule has 0 bridgehead atoms. The van der Waals surface area contributed by atoms with Crippen LogP contribution in [0.3, 0.4) is 0 Å². The van der Waals surface area contributed by atoms with Crippen LogP contribution >= 0.6 is 15.9 Å². The molecule has 0 aromatic carbocycles. The average molecular weight is 306 g/mol. The van der Waals surface area contributed by atoms with E-state index in [-0.39, 0.29) is 6.61 Å². The maximum Gasteiger partial charge on any atom is 0.232 e. The molecule has 1 N–H and O–H groups in total. The van der Waals surface area contributed by atoms with Gasteiger partial charge in [-0.05, 0) is 15.9 Å². The number of halogens is 1. The molecule has 0 saturated heterocycles. The zero-order valence-corrected chi connectivity index (χ0v) is 11.6. The first-order chi connectivity index (χ1) is 8.08. The van der Waals surface area contributed by atoms with E-state index in [4.69, 9.17) is 9.47 Å². The van der Waals surface area contributed by atoms with Crippen LogP contribution in [-0.2, 0) is 4.74 Å². The van der Waals surface area contributed by atoms with Gasteiger partial charge in [-0.15, -0.1) is 0 Å². The van der Waals surface area contributed by atoms with Gasteiger partial charge in [0.2, 0.25) is 11.8 Å². The van der Waals surface area contributed by atoms with Gasteiger partial charge in [-0.2, -0.15) is 4.98 Å². The molecule has 0 aliphatic rings. The Kier molecular flexibility index (Phi) is 5.60. The van der Waals surface area contributed by atoms with Crippen molar-refractivity contribution in [2.24, 2.45) is 0 Å². The summed E-state index contributed by atoms with van der Waals surface area (Å²) in [7, 11) is 4.88. The van der Waals surface area contributed by atoms with Gasteiger partial charge in [0.25, 0.3) is 0 Å². The van der Waals surface area contributed by atoms with Gasteiger partial charge in [-0.3, -0.25) is 0 Å². The fourth-order valence-corrected chi connectivity index (χ4v) is 1.67. The molecule has 7 heteroatoms. The molecule has 0 fully saturated rings. The first-order valence-corrected chi connectivity index (χ1v) is 5.82. The molecule has 96 valence electrons. The van der Waals surface area contributed by atoms with Crippen molar-refractivity contribution in [3.8, 4) is 5.88 Å². The maximum atomic E-state index is 9.60. The molecule has 1 unspecified atom stereocenters. The lowest BCUT2D eigenvalue weighted by atomic mass is 10.3. The largest absolute Gasteiger partial charge is 0.480 e. The van der Waals surface area contributed by atoms with E-state index in [1.165, 1.54) is 7.11 Å². The zero-order valence-electron chi connectivity index (χ0n) is 10.1. The number of anilines is 1. The van der Waals surface area contributed by atoms with E-state index in [1.54, 1.807) is 25.3 Å². The molecular formula is C10H16BrN3O3. The number of methoxy groups -OCH3 is 2. The highest BCUT2D eigenvalue weighted by Gasteiger charge is 2.12. The van der Waals surface area contributed by atoms with Crippen LogP contribution < -0.4 is 9.64 Å². The van der Waals surface area contributed by atoms with Crippen molar-refractivity contribution in [3.05, 3.63) is 10.7 Å². The van der Waals surface area contributed by atoms with Gasteiger partial charge in [0, 0.05) is 20.7 Å². The molecule has 6 nitrogen and oxygen atoms in total. The third kappa shape index (κ3) is 4.10. The monoisotopic (exact) mass is 305 g/mol. The van der Waals surface area contributed by atoms with E-state index in [2.05, 4.69) is 25.9 Å². The van der Waals surface area contributed by atoms with Crippen LogP contribution in [0, 0.1) is 0 Å². The van der Waals surface area contributed by atoms with Crippen molar-refractivity contribution >= 4 is 21.9 Å². The van der Waals surface area contributed by atoms with Gasteiger partial charge in [-0.25, -0.2) is 4.98 Å². The molecule has 1 atom stereocenters. The second-order valence-corrected chi connectivity index (χ2v) is 4.37. The van der Waals surface area contributed by atoms with Crippen LogP contribution in [0.4, 0.5) is 5.95 Å². The van der Waals surface area contributed by atoms with Gasteiger partial charge in [-0.1, -0.05) is 0 Å². The third-order valence-electron chi connectivity index (χ3n) is 2.08. The quantitative estimate of drug-likeness (QED) is 0.834. The zero-order chi connectivity index (χ0) is 12.8. The van der Waals surface area contributed by atoms with E-state index in [9.17, 15) is 5.11 Å². The van der Waals surface area contributed by atoms with Crippen molar-refractivity contribution in [1.82, 2.24) is 9.97 Å². The summed E-state index contributed by atoms with van der Waals surface area (Å²) in [6.45, 7) is 0.663. The summed E-state index contributed by atoms with van der Waals surface area (Å²) >= 11 is 3.28. The SMILES string of the molecule is COCC(O)CN(C)c1ncc(Br)c(OC)n1. The van der Waals surface area contributed by atoms with Crippen molar-refractivity contribution in [2.45, 2.75) is 6.10 Å². The van der Waals surface area contributed by atoms with E-state index >= 15 is 0 Å². The minimum Gasteiger partial charge on any atom is -0.480 e. The van der Waals surface area contributed by atoms with Gasteiger partial charge < -0.3 is 19.5 Å². The van der Waals surface area contributed by atoms with Gasteiger partial charge in [0.05, 0.1) is 30.5 Å². The molecule has 1 aromatic heterocycles. The van der Waals surface area contributed by atoms with Crippen LogP contribution in [0.25, 0.3) is 0 Å². The number of hydrogen-bond donors (Lipinski definition) is 1. The Morgan fingerprint density at radius 1 is 1.53 bits per heavy atom. The van der Waals surface area contributed by atoms with E-state index in [0.29, 0.717) is 22.8 Å². The Bertz CT molecular complexity index is 365. The Labute approximate surface area is 109 Å². The van der Waals surface area contributed by atoms with Crippen LogP contribution in [0.5, 0.6) is 5.88 Å². The number of aliphatic hydroxyl groups is 1. The second-order valence-electron chi connectivity index (χ2n) is 3.52. The number of likely N-dealkylation sites (N-methyl/N-ethyl adjacent to an activating group) is 1. The fraction of sp³-hybridized carbons (Fsp3) is 0.600. The van der Waals surface area contributed by atoms with Crippen molar-refractivity contribution in [2.75, 3.05) is 39.3 Å². The molecule has 1 heterocycles. The van der Waals surface area contributed by atoms with Crippen LogP contribution in [0.2, 0.25) is 0 Å². The Morgan fingerprint density at radius 3 is 2.82 bits per heavy atom. The number of hydrogen-bond acceptors (Lipinski definition) is 6. The molecular weight excluding hydrogens is 290 g/mol. The second kappa shape index (κ2) is 6.73. The summed E-state index contributed by atoms with van der Waals surface area (Å²) in [6.07, 6.45) is 1.03. The molecule has 1 aromatic rings. The predicted molar refractivity (Wildman–Crippen MR) is 67.4 cm³/mol. The molecule has 0 aliphatic heterocycles. The number of aromatic nitrogens is 2. The van der Waals surface area contributed by atoms with Crippen LogP contribution in [0.15, 0.2) is 10.7 Å². The maximum absolute atomic E-state index is 9.60. The lowest BCUT2D eigenvalue weighted by Crippen LogP contribution is -2.32. The number of ether oxygens (including phenoxy) is 2. The smallest absolute Gasteiger partial charge is 0.232 e. The highest BCUT2D eigenvalue weighted by atomic mass is 79.9. The molecule has 0 saturated carbocycles. The number of nitrogens with zero attached hydrogens (tertiary/aromatic N) is 3. The summed E-state index contributed by atoms with van der Waals surface area (Å²) in [4.78, 5) is 10.1.